The van der Waals surface area contributed by atoms with Gasteiger partial charge in [0.2, 0.25) is 0 Å². The molecule has 0 aliphatic rings. The smallest absolute Gasteiger partial charge is 0.254 e. The van der Waals surface area contributed by atoms with Crippen LogP contribution in [-0.2, 0) is 13.1 Å². The number of fused-ring (bicyclic) bond motifs is 1. The van der Waals surface area contributed by atoms with Crippen LogP contribution in [0.4, 0.5) is 0 Å². The number of rotatable bonds is 8. The fourth-order valence-corrected chi connectivity index (χ4v) is 3.65. The number of carbonyl (C=O) groups excluding carboxylic acids is 1. The first-order valence-electron chi connectivity index (χ1n) is 10.6. The summed E-state index contributed by atoms with van der Waals surface area (Å²) in [5, 5.41) is 0. The molecule has 0 bridgehead atoms. The Hall–Kier alpha value is -2.69. The number of imidazole rings is 1. The number of amides is 1. The maximum absolute atomic E-state index is 13.5. The van der Waals surface area contributed by atoms with E-state index in [0.29, 0.717) is 19.0 Å². The fourth-order valence-electron chi connectivity index (χ4n) is 3.65. The van der Waals surface area contributed by atoms with Crippen LogP contribution in [-0.4, -0.2) is 31.9 Å². The van der Waals surface area contributed by atoms with Gasteiger partial charge in [-0.1, -0.05) is 38.5 Å². The molecule has 5 heteroatoms. The summed E-state index contributed by atoms with van der Waals surface area (Å²) in [5.74, 6) is 1.51. The number of hydrogen-bond donors (Lipinski definition) is 0. The maximum atomic E-state index is 13.5. The van der Waals surface area contributed by atoms with Gasteiger partial charge in [-0.2, -0.15) is 0 Å². The molecule has 0 radical (unpaired) electrons. The third-order valence-corrected chi connectivity index (χ3v) is 5.24. The van der Waals surface area contributed by atoms with Gasteiger partial charge in [0.05, 0.1) is 6.54 Å². The molecule has 0 spiro atoms. The van der Waals surface area contributed by atoms with Gasteiger partial charge in [0.25, 0.3) is 5.91 Å². The minimum Gasteiger partial charge on any atom is -0.331 e. The lowest BCUT2D eigenvalue weighted by Gasteiger charge is -2.24. The third kappa shape index (κ3) is 4.84. The SMILES string of the molecule is CCCn1c(CN(CCC(C)C)C(=O)c2ccc(C)cc2C)nc2cccnc21. The molecule has 0 saturated heterocycles. The molecular weight excluding hydrogens is 360 g/mol. The third-order valence-electron chi connectivity index (χ3n) is 5.24. The van der Waals surface area contributed by atoms with E-state index in [2.05, 4.69) is 43.3 Å². The summed E-state index contributed by atoms with van der Waals surface area (Å²) >= 11 is 0. The zero-order valence-corrected chi connectivity index (χ0v) is 18.3. The number of nitrogens with zero attached hydrogens (tertiary/aromatic N) is 4. The molecule has 2 heterocycles. The predicted molar refractivity (Wildman–Crippen MR) is 118 cm³/mol. The van der Waals surface area contributed by atoms with Crippen molar-refractivity contribution in [1.82, 2.24) is 19.4 Å². The molecule has 0 aliphatic heterocycles. The summed E-state index contributed by atoms with van der Waals surface area (Å²) in [4.78, 5) is 24.7. The van der Waals surface area contributed by atoms with E-state index < -0.39 is 0 Å². The van der Waals surface area contributed by atoms with Gasteiger partial charge in [-0.25, -0.2) is 9.97 Å². The van der Waals surface area contributed by atoms with Crippen molar-refractivity contribution in [2.45, 2.75) is 60.5 Å². The van der Waals surface area contributed by atoms with Crippen molar-refractivity contribution in [3.63, 3.8) is 0 Å². The lowest BCUT2D eigenvalue weighted by Crippen LogP contribution is -2.33. The minimum absolute atomic E-state index is 0.0752. The van der Waals surface area contributed by atoms with Crippen molar-refractivity contribution in [3.05, 3.63) is 59.0 Å². The Labute approximate surface area is 173 Å². The molecule has 1 amide bonds. The Balaban J connectivity index is 1.96. The molecule has 0 aliphatic carbocycles. The molecule has 2 aromatic heterocycles. The highest BCUT2D eigenvalue weighted by Gasteiger charge is 2.21. The van der Waals surface area contributed by atoms with Crippen LogP contribution in [0.2, 0.25) is 0 Å². The summed E-state index contributed by atoms with van der Waals surface area (Å²) < 4.78 is 2.16. The first-order chi connectivity index (χ1) is 13.9. The van der Waals surface area contributed by atoms with E-state index in [1.165, 1.54) is 5.56 Å². The fraction of sp³-hybridized carbons (Fsp3) is 0.458. The summed E-state index contributed by atoms with van der Waals surface area (Å²) in [6.07, 6.45) is 3.76. The molecule has 3 aromatic rings. The number of aryl methyl sites for hydroxylation is 3. The van der Waals surface area contributed by atoms with Gasteiger partial charge < -0.3 is 9.47 Å². The number of hydrogen-bond acceptors (Lipinski definition) is 3. The highest BCUT2D eigenvalue weighted by molar-refractivity contribution is 5.95. The molecule has 3 rings (SSSR count). The van der Waals surface area contributed by atoms with E-state index in [9.17, 15) is 4.79 Å². The lowest BCUT2D eigenvalue weighted by atomic mass is 10.0. The maximum Gasteiger partial charge on any atom is 0.254 e. The summed E-state index contributed by atoms with van der Waals surface area (Å²) in [6.45, 7) is 12.7. The van der Waals surface area contributed by atoms with Gasteiger partial charge in [0.1, 0.15) is 11.3 Å². The van der Waals surface area contributed by atoms with Crippen LogP contribution in [0.15, 0.2) is 36.5 Å². The van der Waals surface area contributed by atoms with Gasteiger partial charge in [0.15, 0.2) is 5.65 Å². The highest BCUT2D eigenvalue weighted by Crippen LogP contribution is 2.20. The van der Waals surface area contributed by atoms with E-state index in [0.717, 1.165) is 47.5 Å². The van der Waals surface area contributed by atoms with E-state index >= 15 is 0 Å². The molecule has 1 aromatic carbocycles. The lowest BCUT2D eigenvalue weighted by molar-refractivity contribution is 0.0728. The molecule has 0 saturated carbocycles. The van der Waals surface area contributed by atoms with Crippen molar-refractivity contribution < 1.29 is 4.79 Å². The standard InChI is InChI=1S/C24H32N4O/c1-6-13-28-22(26-21-8-7-12-25-23(21)28)16-27(14-11-17(2)3)24(29)20-10-9-18(4)15-19(20)5/h7-10,12,15,17H,6,11,13-14,16H2,1-5H3. The van der Waals surface area contributed by atoms with Crippen LogP contribution in [0.3, 0.4) is 0 Å². The highest BCUT2D eigenvalue weighted by atomic mass is 16.2. The number of pyridine rings is 1. The number of carbonyl (C=O) groups is 1. The number of benzene rings is 1. The van der Waals surface area contributed by atoms with Crippen LogP contribution in [0.5, 0.6) is 0 Å². The van der Waals surface area contributed by atoms with E-state index in [4.69, 9.17) is 4.98 Å². The zero-order chi connectivity index (χ0) is 21.0. The second kappa shape index (κ2) is 9.21. The Morgan fingerprint density at radius 2 is 2.00 bits per heavy atom. The van der Waals surface area contributed by atoms with Crippen LogP contribution >= 0.6 is 0 Å². The second-order valence-corrected chi connectivity index (χ2v) is 8.25. The van der Waals surface area contributed by atoms with Gasteiger partial charge in [-0.3, -0.25) is 4.79 Å². The monoisotopic (exact) mass is 392 g/mol. The second-order valence-electron chi connectivity index (χ2n) is 8.25. The Kier molecular flexibility index (Phi) is 6.68. The van der Waals surface area contributed by atoms with Crippen molar-refractivity contribution >= 4 is 17.1 Å². The van der Waals surface area contributed by atoms with Crippen LogP contribution in [0, 0.1) is 19.8 Å². The quantitative estimate of drug-likeness (QED) is 0.533. The van der Waals surface area contributed by atoms with Crippen molar-refractivity contribution in [2.24, 2.45) is 5.92 Å². The Morgan fingerprint density at radius 1 is 1.21 bits per heavy atom. The van der Waals surface area contributed by atoms with Crippen LogP contribution in [0.1, 0.15) is 60.9 Å². The summed E-state index contributed by atoms with van der Waals surface area (Å²) in [6, 6.07) is 9.93. The van der Waals surface area contributed by atoms with Crippen LogP contribution in [0.25, 0.3) is 11.2 Å². The van der Waals surface area contributed by atoms with Crippen molar-refractivity contribution in [1.29, 1.82) is 0 Å². The van der Waals surface area contributed by atoms with Gasteiger partial charge >= 0.3 is 0 Å². The molecule has 5 nitrogen and oxygen atoms in total. The van der Waals surface area contributed by atoms with E-state index in [1.807, 2.05) is 36.1 Å². The Bertz CT molecular complexity index is 990. The molecule has 0 atom stereocenters. The minimum atomic E-state index is 0.0752. The normalized spacial score (nSPS) is 11.4. The summed E-state index contributed by atoms with van der Waals surface area (Å²) in [5.41, 5.74) is 4.75. The zero-order valence-electron chi connectivity index (χ0n) is 18.3. The largest absolute Gasteiger partial charge is 0.331 e. The van der Waals surface area contributed by atoms with Gasteiger partial charge in [-0.15, -0.1) is 0 Å². The topological polar surface area (TPSA) is 51.0 Å². The van der Waals surface area contributed by atoms with Gasteiger partial charge in [0, 0.05) is 24.8 Å². The molecular formula is C24H32N4O. The van der Waals surface area contributed by atoms with Crippen molar-refractivity contribution in [3.8, 4) is 0 Å². The van der Waals surface area contributed by atoms with Crippen molar-refractivity contribution in [2.75, 3.05) is 6.54 Å². The van der Waals surface area contributed by atoms with Crippen LogP contribution < -0.4 is 0 Å². The average molecular weight is 393 g/mol. The molecule has 0 unspecified atom stereocenters. The van der Waals surface area contributed by atoms with E-state index in [1.54, 1.807) is 6.20 Å². The van der Waals surface area contributed by atoms with E-state index in [-0.39, 0.29) is 5.91 Å². The predicted octanol–water partition coefficient (Wildman–Crippen LogP) is 5.15. The molecule has 0 fully saturated rings. The molecule has 29 heavy (non-hydrogen) atoms. The van der Waals surface area contributed by atoms with Gasteiger partial charge in [-0.05, 0) is 56.4 Å². The molecule has 154 valence electrons. The molecule has 0 N–H and O–H groups in total. The first kappa shape index (κ1) is 21.0. The average Bonchev–Trinajstić information content (AvgIpc) is 3.02. The number of aromatic nitrogens is 3. The summed E-state index contributed by atoms with van der Waals surface area (Å²) in [7, 11) is 0. The Morgan fingerprint density at radius 3 is 2.69 bits per heavy atom. The first-order valence-corrected chi connectivity index (χ1v) is 10.6.